The molecule has 3 aromatic heterocycles. The zero-order chi connectivity index (χ0) is 19.3. The molecule has 4 bridgehead atoms. The summed E-state index contributed by atoms with van der Waals surface area (Å²) in [4.78, 5) is 21.7. The first-order valence-electron chi connectivity index (χ1n) is 9.46. The molecular formula is C20H21N7O. The highest BCUT2D eigenvalue weighted by molar-refractivity contribution is 6.15. The number of nitrogens with one attached hydrogen (secondary N) is 1. The molecule has 0 unspecified atom stereocenters. The highest BCUT2D eigenvalue weighted by Crippen LogP contribution is 2.29. The van der Waals surface area contributed by atoms with Gasteiger partial charge in [-0.25, -0.2) is 0 Å². The average Bonchev–Trinajstić information content (AvgIpc) is 3.35. The van der Waals surface area contributed by atoms with Crippen LogP contribution in [-0.4, -0.2) is 36.2 Å². The summed E-state index contributed by atoms with van der Waals surface area (Å²) in [5.41, 5.74) is 7.74. The first kappa shape index (κ1) is 16.9. The normalized spacial score (nSPS) is 16.1. The lowest BCUT2D eigenvalue weighted by atomic mass is 9.99. The second kappa shape index (κ2) is 6.40. The van der Waals surface area contributed by atoms with Gasteiger partial charge < -0.3 is 5.32 Å². The van der Waals surface area contributed by atoms with Crippen LogP contribution in [0.2, 0.25) is 0 Å². The van der Waals surface area contributed by atoms with E-state index in [1.165, 1.54) is 0 Å². The summed E-state index contributed by atoms with van der Waals surface area (Å²) in [5.74, 6) is 0.0214. The Hall–Kier alpha value is -3.29. The molecule has 0 fully saturated rings. The minimum atomic E-state index is 0.0214. The molecule has 0 saturated carbocycles. The summed E-state index contributed by atoms with van der Waals surface area (Å²) in [6, 6.07) is 2.13. The van der Waals surface area contributed by atoms with Gasteiger partial charge >= 0.3 is 0 Å². The van der Waals surface area contributed by atoms with Crippen molar-refractivity contribution in [3.05, 3.63) is 52.9 Å². The molecule has 3 aromatic rings. The van der Waals surface area contributed by atoms with Crippen LogP contribution in [0.1, 0.15) is 41.1 Å². The standard InChI is InChI=1S/C20H21N7O/c1-12-15-11-27(24-12)5-3-4-19(28)22-9-18-16(10-26(2)25-18)13-6-14-17(21-7-13)8-23-20(14)15/h6-7,10-11H,3-5,8-9H2,1-2H3,(H,22,28). The second-order valence-electron chi connectivity index (χ2n) is 7.32. The fourth-order valence-electron chi connectivity index (χ4n) is 3.88. The van der Waals surface area contributed by atoms with Crippen molar-refractivity contribution in [3.8, 4) is 11.1 Å². The third-order valence-electron chi connectivity index (χ3n) is 5.27. The number of fused-ring (bicyclic) bond motifs is 6. The van der Waals surface area contributed by atoms with Gasteiger partial charge in [0.15, 0.2) is 0 Å². The Morgan fingerprint density at radius 3 is 2.89 bits per heavy atom. The fourth-order valence-corrected chi connectivity index (χ4v) is 3.88. The minimum Gasteiger partial charge on any atom is -0.350 e. The van der Waals surface area contributed by atoms with Crippen molar-refractivity contribution < 1.29 is 4.79 Å². The van der Waals surface area contributed by atoms with Gasteiger partial charge in [0, 0.05) is 60.9 Å². The van der Waals surface area contributed by atoms with Crippen LogP contribution in [0.25, 0.3) is 11.1 Å². The van der Waals surface area contributed by atoms with E-state index in [2.05, 4.69) is 26.6 Å². The van der Waals surface area contributed by atoms with E-state index in [9.17, 15) is 4.79 Å². The number of aliphatic imine (C=N–C) groups is 1. The maximum Gasteiger partial charge on any atom is 0.220 e. The van der Waals surface area contributed by atoms with Gasteiger partial charge in [-0.15, -0.1) is 0 Å². The van der Waals surface area contributed by atoms with E-state index in [4.69, 9.17) is 4.99 Å². The lowest BCUT2D eigenvalue weighted by Crippen LogP contribution is -2.23. The third kappa shape index (κ3) is 2.81. The van der Waals surface area contributed by atoms with Crippen molar-refractivity contribution in [1.82, 2.24) is 29.9 Å². The van der Waals surface area contributed by atoms with Crippen LogP contribution in [0.5, 0.6) is 0 Å². The number of rotatable bonds is 0. The predicted octanol–water partition coefficient (Wildman–Crippen LogP) is 1.75. The molecule has 1 N–H and O–H groups in total. The number of aromatic nitrogens is 5. The topological polar surface area (TPSA) is 90.0 Å². The molecule has 1 amide bonds. The van der Waals surface area contributed by atoms with E-state index in [0.29, 0.717) is 26.1 Å². The van der Waals surface area contributed by atoms with Gasteiger partial charge in [0.05, 0.1) is 35.9 Å². The molecule has 5 rings (SSSR count). The quantitative estimate of drug-likeness (QED) is 0.648. The number of hydrogen-bond acceptors (Lipinski definition) is 5. The van der Waals surface area contributed by atoms with Crippen LogP contribution in [-0.2, 0) is 31.5 Å². The molecule has 0 aliphatic carbocycles. The summed E-state index contributed by atoms with van der Waals surface area (Å²) in [7, 11) is 1.89. The molecule has 5 heterocycles. The van der Waals surface area contributed by atoms with E-state index in [1.54, 1.807) is 4.68 Å². The Balaban J connectivity index is 1.66. The van der Waals surface area contributed by atoms with Crippen molar-refractivity contribution in [1.29, 1.82) is 0 Å². The first-order chi connectivity index (χ1) is 13.6. The Kier molecular flexibility index (Phi) is 3.85. The van der Waals surface area contributed by atoms with Gasteiger partial charge in [0.2, 0.25) is 5.91 Å². The molecule has 0 radical (unpaired) electrons. The Bertz CT molecular complexity index is 1120. The van der Waals surface area contributed by atoms with Gasteiger partial charge in [-0.3, -0.25) is 24.1 Å². The summed E-state index contributed by atoms with van der Waals surface area (Å²) < 4.78 is 3.68. The first-order valence-corrected chi connectivity index (χ1v) is 9.46. The molecule has 2 aliphatic heterocycles. The molecule has 8 heteroatoms. The summed E-state index contributed by atoms with van der Waals surface area (Å²) in [6.07, 6.45) is 7.06. The SMILES string of the molecule is Cc1nn2cc1C1=NCc3ncc(cc31)-c1cn(C)nc1CNC(=O)CCC2. The van der Waals surface area contributed by atoms with Gasteiger partial charge in [0.25, 0.3) is 0 Å². The van der Waals surface area contributed by atoms with E-state index in [0.717, 1.165) is 51.5 Å². The number of hydrogen-bond donors (Lipinski definition) is 1. The van der Waals surface area contributed by atoms with Crippen LogP contribution < -0.4 is 5.32 Å². The lowest BCUT2D eigenvalue weighted by molar-refractivity contribution is -0.121. The number of amides is 1. The molecule has 0 saturated heterocycles. The number of aryl methyl sites for hydroxylation is 3. The number of pyridine rings is 1. The molecule has 0 spiro atoms. The molecular weight excluding hydrogens is 354 g/mol. The Labute approximate surface area is 162 Å². The number of carbonyl (C=O) groups excluding carboxylic acids is 1. The minimum absolute atomic E-state index is 0.0214. The molecule has 28 heavy (non-hydrogen) atoms. The monoisotopic (exact) mass is 375 g/mol. The highest BCUT2D eigenvalue weighted by atomic mass is 16.1. The van der Waals surface area contributed by atoms with Crippen molar-refractivity contribution in [2.75, 3.05) is 0 Å². The zero-order valence-electron chi connectivity index (χ0n) is 15.9. The fraction of sp³-hybridized carbons (Fsp3) is 0.350. The second-order valence-corrected chi connectivity index (χ2v) is 7.32. The predicted molar refractivity (Wildman–Crippen MR) is 104 cm³/mol. The van der Waals surface area contributed by atoms with Gasteiger partial charge in [0.1, 0.15) is 0 Å². The van der Waals surface area contributed by atoms with Gasteiger partial charge in [-0.1, -0.05) is 0 Å². The van der Waals surface area contributed by atoms with Crippen LogP contribution in [0.3, 0.4) is 0 Å². The summed E-state index contributed by atoms with van der Waals surface area (Å²) in [5, 5.41) is 12.1. The molecule has 0 atom stereocenters. The van der Waals surface area contributed by atoms with Crippen molar-refractivity contribution in [2.45, 2.75) is 39.4 Å². The van der Waals surface area contributed by atoms with Crippen molar-refractivity contribution in [3.63, 3.8) is 0 Å². The van der Waals surface area contributed by atoms with E-state index in [1.807, 2.05) is 37.2 Å². The largest absolute Gasteiger partial charge is 0.350 e. The lowest BCUT2D eigenvalue weighted by Gasteiger charge is -2.08. The van der Waals surface area contributed by atoms with E-state index < -0.39 is 0 Å². The van der Waals surface area contributed by atoms with Gasteiger partial charge in [-0.05, 0) is 19.4 Å². The van der Waals surface area contributed by atoms with Crippen LogP contribution in [0.15, 0.2) is 29.6 Å². The average molecular weight is 375 g/mol. The molecule has 8 nitrogen and oxygen atoms in total. The smallest absolute Gasteiger partial charge is 0.220 e. The number of carbonyl (C=O) groups is 1. The van der Waals surface area contributed by atoms with Crippen LogP contribution in [0.4, 0.5) is 0 Å². The Morgan fingerprint density at radius 1 is 1.11 bits per heavy atom. The molecule has 2 aliphatic rings. The van der Waals surface area contributed by atoms with Crippen molar-refractivity contribution >= 4 is 11.6 Å². The van der Waals surface area contributed by atoms with E-state index >= 15 is 0 Å². The summed E-state index contributed by atoms with van der Waals surface area (Å²) >= 11 is 0. The third-order valence-corrected chi connectivity index (χ3v) is 5.27. The maximum atomic E-state index is 12.2. The van der Waals surface area contributed by atoms with Crippen molar-refractivity contribution in [2.24, 2.45) is 12.0 Å². The van der Waals surface area contributed by atoms with Crippen LogP contribution in [0, 0.1) is 6.92 Å². The van der Waals surface area contributed by atoms with E-state index in [-0.39, 0.29) is 5.91 Å². The summed E-state index contributed by atoms with van der Waals surface area (Å²) in [6.45, 7) is 3.68. The highest BCUT2D eigenvalue weighted by Gasteiger charge is 2.24. The maximum absolute atomic E-state index is 12.2. The van der Waals surface area contributed by atoms with Crippen LogP contribution >= 0.6 is 0 Å². The van der Waals surface area contributed by atoms with Gasteiger partial charge in [-0.2, -0.15) is 10.2 Å². The molecule has 142 valence electrons. The number of nitrogens with zero attached hydrogens (tertiary/aromatic N) is 6. The Morgan fingerprint density at radius 2 is 2.00 bits per heavy atom. The molecule has 0 aromatic carbocycles. The zero-order valence-corrected chi connectivity index (χ0v) is 15.9.